The highest BCUT2D eigenvalue weighted by atomic mass is 35.5. The van der Waals surface area contributed by atoms with Crippen LogP contribution in [-0.2, 0) is 4.79 Å². The van der Waals surface area contributed by atoms with Gasteiger partial charge in [-0.25, -0.2) is 4.79 Å². The van der Waals surface area contributed by atoms with Crippen molar-refractivity contribution < 1.29 is 14.3 Å². The number of rotatable bonds is 3. The van der Waals surface area contributed by atoms with Crippen molar-refractivity contribution >= 4 is 35.2 Å². The Morgan fingerprint density at radius 2 is 2.05 bits per heavy atom. The Hall–Kier alpha value is -2.22. The number of carbonyl (C=O) groups is 1. The highest BCUT2D eigenvalue weighted by Gasteiger charge is 2.11. The van der Waals surface area contributed by atoms with Crippen molar-refractivity contribution in [1.82, 2.24) is 0 Å². The van der Waals surface area contributed by atoms with Crippen molar-refractivity contribution in [2.75, 3.05) is 0 Å². The van der Waals surface area contributed by atoms with Crippen LogP contribution in [0, 0.1) is 11.3 Å². The fraction of sp³-hybridized carbons (Fsp3) is 0. The number of aliphatic carboxylic acids is 1. The molecule has 0 aliphatic heterocycles. The molecule has 0 amide bonds. The molecule has 100 valence electrons. The van der Waals surface area contributed by atoms with Gasteiger partial charge in [-0.1, -0.05) is 23.2 Å². The van der Waals surface area contributed by atoms with E-state index in [2.05, 4.69) is 0 Å². The van der Waals surface area contributed by atoms with Crippen LogP contribution in [0.3, 0.4) is 0 Å². The largest absolute Gasteiger partial charge is 0.477 e. The Balaban J connectivity index is 2.39. The van der Waals surface area contributed by atoms with E-state index in [0.717, 1.165) is 6.08 Å². The molecule has 1 aromatic carbocycles. The maximum absolute atomic E-state index is 10.7. The van der Waals surface area contributed by atoms with Crippen LogP contribution in [0.25, 0.3) is 17.4 Å². The molecule has 0 spiro atoms. The van der Waals surface area contributed by atoms with Crippen molar-refractivity contribution in [2.45, 2.75) is 0 Å². The lowest BCUT2D eigenvalue weighted by molar-refractivity contribution is -0.132. The highest BCUT2D eigenvalue weighted by molar-refractivity contribution is 6.36. The Morgan fingerprint density at radius 3 is 2.65 bits per heavy atom. The molecule has 0 aliphatic rings. The number of hydrogen-bond donors (Lipinski definition) is 1. The molecule has 0 saturated carbocycles. The van der Waals surface area contributed by atoms with Gasteiger partial charge in [0, 0.05) is 16.7 Å². The molecule has 1 heterocycles. The van der Waals surface area contributed by atoms with Crippen molar-refractivity contribution in [2.24, 2.45) is 0 Å². The fourth-order valence-electron chi connectivity index (χ4n) is 1.55. The van der Waals surface area contributed by atoms with E-state index in [-0.39, 0.29) is 5.76 Å². The van der Waals surface area contributed by atoms with E-state index in [9.17, 15) is 4.79 Å². The topological polar surface area (TPSA) is 74.2 Å². The lowest BCUT2D eigenvalue weighted by Gasteiger charge is -2.00. The number of nitriles is 1. The summed E-state index contributed by atoms with van der Waals surface area (Å²) in [5.74, 6) is -0.597. The van der Waals surface area contributed by atoms with Gasteiger partial charge in [0.2, 0.25) is 0 Å². The van der Waals surface area contributed by atoms with E-state index in [1.807, 2.05) is 0 Å². The number of carboxylic acid groups (broad SMARTS) is 1. The summed E-state index contributed by atoms with van der Waals surface area (Å²) in [5.41, 5.74) is 0.220. The zero-order valence-corrected chi connectivity index (χ0v) is 11.4. The summed E-state index contributed by atoms with van der Waals surface area (Å²) < 4.78 is 5.45. The van der Waals surface area contributed by atoms with Crippen molar-refractivity contribution in [3.05, 3.63) is 51.7 Å². The molecule has 0 unspecified atom stereocenters. The van der Waals surface area contributed by atoms with Crippen LogP contribution in [0.1, 0.15) is 5.76 Å². The van der Waals surface area contributed by atoms with Crippen LogP contribution >= 0.6 is 23.2 Å². The SMILES string of the molecule is N#C/C(=C/c1ccc(-c2ccc(Cl)cc2Cl)o1)C(=O)O. The number of hydrogen-bond acceptors (Lipinski definition) is 3. The van der Waals surface area contributed by atoms with Crippen LogP contribution in [0.2, 0.25) is 10.0 Å². The summed E-state index contributed by atoms with van der Waals surface area (Å²) >= 11 is 11.9. The summed E-state index contributed by atoms with van der Waals surface area (Å²) in [5, 5.41) is 18.4. The molecule has 4 nitrogen and oxygen atoms in total. The normalized spacial score (nSPS) is 11.2. The van der Waals surface area contributed by atoms with Crippen LogP contribution in [-0.4, -0.2) is 11.1 Å². The highest BCUT2D eigenvalue weighted by Crippen LogP contribution is 2.31. The quantitative estimate of drug-likeness (QED) is 0.679. The molecule has 1 N–H and O–H groups in total. The first kappa shape index (κ1) is 14.2. The van der Waals surface area contributed by atoms with Crippen LogP contribution in [0.15, 0.2) is 40.3 Å². The number of furan rings is 1. The van der Waals surface area contributed by atoms with Gasteiger partial charge in [-0.15, -0.1) is 0 Å². The molecule has 0 radical (unpaired) electrons. The number of benzene rings is 1. The summed E-state index contributed by atoms with van der Waals surface area (Å²) in [4.78, 5) is 10.7. The van der Waals surface area contributed by atoms with Gasteiger partial charge in [0.15, 0.2) is 0 Å². The fourth-order valence-corrected chi connectivity index (χ4v) is 2.05. The third-order valence-corrected chi connectivity index (χ3v) is 3.01. The Morgan fingerprint density at radius 1 is 1.30 bits per heavy atom. The second-order valence-corrected chi connectivity index (χ2v) is 4.64. The molecule has 2 rings (SSSR count). The Labute approximate surface area is 124 Å². The molecule has 0 aliphatic carbocycles. The van der Waals surface area contributed by atoms with Gasteiger partial charge >= 0.3 is 5.97 Å². The molecular formula is C14H7Cl2NO3. The minimum Gasteiger partial charge on any atom is -0.477 e. The van der Waals surface area contributed by atoms with Gasteiger partial charge in [0.1, 0.15) is 23.2 Å². The number of nitrogens with zero attached hydrogens (tertiary/aromatic N) is 1. The van der Waals surface area contributed by atoms with Crippen molar-refractivity contribution in [1.29, 1.82) is 5.26 Å². The van der Waals surface area contributed by atoms with Gasteiger partial charge in [-0.05, 0) is 30.3 Å². The summed E-state index contributed by atoms with van der Waals surface area (Å²) in [6.07, 6.45) is 1.15. The van der Waals surface area contributed by atoms with E-state index in [1.165, 1.54) is 0 Å². The monoisotopic (exact) mass is 307 g/mol. The lowest BCUT2D eigenvalue weighted by Crippen LogP contribution is -1.96. The Bertz CT molecular complexity index is 741. The average Bonchev–Trinajstić information content (AvgIpc) is 2.83. The van der Waals surface area contributed by atoms with Crippen LogP contribution in [0.5, 0.6) is 0 Å². The van der Waals surface area contributed by atoms with E-state index >= 15 is 0 Å². The third-order valence-electron chi connectivity index (χ3n) is 2.46. The summed E-state index contributed by atoms with van der Waals surface area (Å²) in [7, 11) is 0. The smallest absolute Gasteiger partial charge is 0.346 e. The minimum absolute atomic E-state index is 0.255. The second kappa shape index (κ2) is 5.83. The first-order valence-electron chi connectivity index (χ1n) is 5.41. The zero-order chi connectivity index (χ0) is 14.7. The van der Waals surface area contributed by atoms with Gasteiger partial charge in [-0.2, -0.15) is 5.26 Å². The molecule has 20 heavy (non-hydrogen) atoms. The molecule has 2 aromatic rings. The van der Waals surface area contributed by atoms with Crippen LogP contribution < -0.4 is 0 Å². The van der Waals surface area contributed by atoms with Gasteiger partial charge < -0.3 is 9.52 Å². The Kier molecular flexibility index (Phi) is 4.14. The van der Waals surface area contributed by atoms with Crippen LogP contribution in [0.4, 0.5) is 0 Å². The molecule has 0 atom stereocenters. The van der Waals surface area contributed by atoms with Crippen molar-refractivity contribution in [3.8, 4) is 17.4 Å². The molecule has 0 bridgehead atoms. The molecule has 6 heteroatoms. The predicted octanol–water partition coefficient (Wildman–Crippen LogP) is 4.24. The standard InChI is InChI=1S/C14H7Cl2NO3/c15-9-1-3-11(12(16)6-9)13-4-2-10(20-13)5-8(7-17)14(18)19/h1-6H,(H,18,19)/b8-5-. The van der Waals surface area contributed by atoms with Crippen molar-refractivity contribution in [3.63, 3.8) is 0 Å². The van der Waals surface area contributed by atoms with E-state index in [1.54, 1.807) is 36.4 Å². The van der Waals surface area contributed by atoms with Gasteiger partial charge in [-0.3, -0.25) is 0 Å². The maximum atomic E-state index is 10.7. The first-order valence-corrected chi connectivity index (χ1v) is 6.17. The third kappa shape index (κ3) is 3.02. The van der Waals surface area contributed by atoms with E-state index < -0.39 is 11.5 Å². The molecular weight excluding hydrogens is 301 g/mol. The number of carboxylic acids is 1. The summed E-state index contributed by atoms with van der Waals surface area (Å²) in [6.45, 7) is 0. The summed E-state index contributed by atoms with van der Waals surface area (Å²) in [6, 6.07) is 9.71. The maximum Gasteiger partial charge on any atom is 0.346 e. The minimum atomic E-state index is -1.31. The van der Waals surface area contributed by atoms with Gasteiger partial charge in [0.25, 0.3) is 0 Å². The number of halogens is 2. The zero-order valence-electron chi connectivity index (χ0n) is 9.93. The second-order valence-electron chi connectivity index (χ2n) is 3.80. The first-order chi connectivity index (χ1) is 9.51. The molecule has 1 aromatic heterocycles. The van der Waals surface area contributed by atoms with E-state index in [0.29, 0.717) is 21.4 Å². The van der Waals surface area contributed by atoms with Gasteiger partial charge in [0.05, 0.1) is 5.02 Å². The molecule has 0 fully saturated rings. The average molecular weight is 308 g/mol. The van der Waals surface area contributed by atoms with E-state index in [4.69, 9.17) is 38.0 Å². The molecule has 0 saturated heterocycles. The predicted molar refractivity (Wildman–Crippen MR) is 75.4 cm³/mol. The lowest BCUT2D eigenvalue weighted by atomic mass is 10.2.